The first-order valence-corrected chi connectivity index (χ1v) is 8.10. The van der Waals surface area contributed by atoms with Gasteiger partial charge in [0.1, 0.15) is 6.54 Å². The Morgan fingerprint density at radius 2 is 1.96 bits per heavy atom. The molecule has 1 aliphatic carbocycles. The fourth-order valence-electron chi connectivity index (χ4n) is 2.69. The minimum absolute atomic E-state index is 0.0459. The highest BCUT2D eigenvalue weighted by molar-refractivity contribution is 5.89. The molecule has 0 radical (unpaired) electrons. The summed E-state index contributed by atoms with van der Waals surface area (Å²) in [5, 5.41) is 2.88. The summed E-state index contributed by atoms with van der Waals surface area (Å²) in [4.78, 5) is 25.9. The maximum Gasteiger partial charge on any atom is 0.240 e. The van der Waals surface area contributed by atoms with Crippen LogP contribution in [0.1, 0.15) is 24.0 Å². The maximum absolute atomic E-state index is 12.4. The zero-order valence-corrected chi connectivity index (χ0v) is 14.0. The number of nitrogens with one attached hydrogen (secondary N) is 1. The molecule has 2 amide bonds. The molecule has 2 aliphatic rings. The molecule has 24 heavy (non-hydrogen) atoms. The first-order chi connectivity index (χ1) is 11.6. The van der Waals surface area contributed by atoms with Crippen LogP contribution < -0.4 is 14.8 Å². The van der Waals surface area contributed by atoms with Crippen molar-refractivity contribution in [3.63, 3.8) is 0 Å². The predicted molar refractivity (Wildman–Crippen MR) is 89.7 cm³/mol. The second-order valence-electron chi connectivity index (χ2n) is 6.17. The molecule has 0 bridgehead atoms. The Morgan fingerprint density at radius 1 is 1.25 bits per heavy atom. The number of hydrogen-bond acceptors (Lipinski definition) is 4. The number of nitrogens with zero attached hydrogens (tertiary/aromatic N) is 1. The largest absolute Gasteiger partial charge is 0.493 e. The smallest absolute Gasteiger partial charge is 0.240 e. The van der Waals surface area contributed by atoms with Gasteiger partial charge in [0, 0.05) is 12.7 Å². The predicted octanol–water partition coefficient (Wildman–Crippen LogP) is 1.59. The van der Waals surface area contributed by atoms with Crippen molar-refractivity contribution in [3.05, 3.63) is 29.5 Å². The van der Waals surface area contributed by atoms with Crippen molar-refractivity contribution >= 4 is 17.9 Å². The van der Waals surface area contributed by atoms with E-state index in [1.165, 1.54) is 17.7 Å². The fraction of sp³-hybridized carbons (Fsp3) is 0.444. The third kappa shape index (κ3) is 3.69. The van der Waals surface area contributed by atoms with Crippen molar-refractivity contribution < 1.29 is 19.1 Å². The van der Waals surface area contributed by atoms with Gasteiger partial charge < -0.3 is 19.7 Å². The van der Waals surface area contributed by atoms with Crippen molar-refractivity contribution in [2.75, 3.05) is 27.3 Å². The summed E-state index contributed by atoms with van der Waals surface area (Å²) in [6.45, 7) is 0.753. The van der Waals surface area contributed by atoms with Gasteiger partial charge in [0.2, 0.25) is 11.8 Å². The van der Waals surface area contributed by atoms with E-state index in [1.54, 1.807) is 20.4 Å². The Bertz CT molecular complexity index is 680. The van der Waals surface area contributed by atoms with Gasteiger partial charge in [-0.2, -0.15) is 0 Å². The van der Waals surface area contributed by atoms with Crippen LogP contribution in [0.3, 0.4) is 0 Å². The number of methoxy groups -OCH3 is 2. The lowest BCUT2D eigenvalue weighted by atomic mass is 10.0. The third-order valence-electron chi connectivity index (χ3n) is 4.34. The molecule has 128 valence electrons. The Labute approximate surface area is 141 Å². The van der Waals surface area contributed by atoms with E-state index >= 15 is 0 Å². The van der Waals surface area contributed by atoms with Crippen LogP contribution in [0, 0.1) is 5.92 Å². The second kappa shape index (κ2) is 6.95. The molecular formula is C18H22N2O4. The Morgan fingerprint density at radius 3 is 2.62 bits per heavy atom. The topological polar surface area (TPSA) is 67.9 Å². The first-order valence-electron chi connectivity index (χ1n) is 8.10. The Kier molecular flexibility index (Phi) is 4.74. The van der Waals surface area contributed by atoms with Gasteiger partial charge in [0.25, 0.3) is 0 Å². The van der Waals surface area contributed by atoms with Crippen LogP contribution in [0.15, 0.2) is 18.3 Å². The van der Waals surface area contributed by atoms with Gasteiger partial charge in [-0.3, -0.25) is 9.59 Å². The molecule has 1 aliphatic heterocycles. The lowest BCUT2D eigenvalue weighted by Gasteiger charge is -2.16. The van der Waals surface area contributed by atoms with Crippen LogP contribution >= 0.6 is 0 Å². The van der Waals surface area contributed by atoms with E-state index in [0.717, 1.165) is 11.1 Å². The minimum Gasteiger partial charge on any atom is -0.493 e. The van der Waals surface area contributed by atoms with Crippen LogP contribution in [-0.4, -0.2) is 44.0 Å². The van der Waals surface area contributed by atoms with Crippen LogP contribution in [-0.2, 0) is 16.0 Å². The van der Waals surface area contributed by atoms with E-state index in [0.29, 0.717) is 24.0 Å². The molecule has 0 spiro atoms. The Hall–Kier alpha value is -2.50. The summed E-state index contributed by atoms with van der Waals surface area (Å²) in [6, 6.07) is 3.65. The lowest BCUT2D eigenvalue weighted by Crippen LogP contribution is -2.38. The highest BCUT2D eigenvalue weighted by atomic mass is 16.5. The first kappa shape index (κ1) is 16.4. The normalized spacial score (nSPS) is 16.4. The van der Waals surface area contributed by atoms with Crippen molar-refractivity contribution in [2.24, 2.45) is 5.92 Å². The van der Waals surface area contributed by atoms with E-state index in [-0.39, 0.29) is 24.8 Å². The molecule has 0 saturated heterocycles. The zero-order chi connectivity index (χ0) is 17.1. The second-order valence-corrected chi connectivity index (χ2v) is 6.17. The van der Waals surface area contributed by atoms with E-state index in [9.17, 15) is 9.59 Å². The molecule has 6 nitrogen and oxygen atoms in total. The van der Waals surface area contributed by atoms with Gasteiger partial charge in [0.15, 0.2) is 11.5 Å². The third-order valence-corrected chi connectivity index (χ3v) is 4.34. The summed E-state index contributed by atoms with van der Waals surface area (Å²) < 4.78 is 10.6. The highest BCUT2D eigenvalue weighted by Crippen LogP contribution is 2.32. The summed E-state index contributed by atoms with van der Waals surface area (Å²) in [6.07, 6.45) is 6.08. The van der Waals surface area contributed by atoms with E-state index < -0.39 is 0 Å². The number of rotatable bonds is 6. The lowest BCUT2D eigenvalue weighted by molar-refractivity contribution is -0.132. The molecule has 1 aromatic carbocycles. The number of carbonyl (C=O) groups is 2. The van der Waals surface area contributed by atoms with Gasteiger partial charge >= 0.3 is 0 Å². The number of fused-ring (bicyclic) bond motifs is 1. The molecule has 6 heteroatoms. The number of ether oxygens (including phenoxy) is 2. The van der Waals surface area contributed by atoms with Crippen LogP contribution in [0.4, 0.5) is 0 Å². The number of hydrogen-bond donors (Lipinski definition) is 1. The molecule has 0 unspecified atom stereocenters. The quantitative estimate of drug-likeness (QED) is 0.860. The van der Waals surface area contributed by atoms with Gasteiger partial charge in [-0.15, -0.1) is 0 Å². The molecule has 1 aromatic rings. The summed E-state index contributed by atoms with van der Waals surface area (Å²) in [5.41, 5.74) is 1.75. The van der Waals surface area contributed by atoms with Gasteiger partial charge in [-0.05, 0) is 48.1 Å². The zero-order valence-electron chi connectivity index (χ0n) is 14.0. The highest BCUT2D eigenvalue weighted by Gasteiger charge is 2.24. The SMILES string of the molecule is COc1cc2c(cc1OC)CC(=O)N(CC(=O)NCC1CC1)C=C2. The van der Waals surface area contributed by atoms with Crippen LogP contribution in [0.5, 0.6) is 11.5 Å². The minimum atomic E-state index is -0.124. The van der Waals surface area contributed by atoms with Crippen LogP contribution in [0.2, 0.25) is 0 Å². The van der Waals surface area contributed by atoms with E-state index in [1.807, 2.05) is 18.2 Å². The fourth-order valence-corrected chi connectivity index (χ4v) is 2.69. The molecule has 1 N–H and O–H groups in total. The monoisotopic (exact) mass is 330 g/mol. The number of benzene rings is 1. The summed E-state index contributed by atoms with van der Waals surface area (Å²) in [7, 11) is 3.14. The molecular weight excluding hydrogens is 308 g/mol. The van der Waals surface area contributed by atoms with Crippen molar-refractivity contribution in [2.45, 2.75) is 19.3 Å². The van der Waals surface area contributed by atoms with Crippen molar-refractivity contribution in [1.29, 1.82) is 0 Å². The van der Waals surface area contributed by atoms with E-state index in [2.05, 4.69) is 5.32 Å². The Balaban J connectivity index is 1.72. The number of amides is 2. The number of carbonyl (C=O) groups excluding carboxylic acids is 2. The van der Waals surface area contributed by atoms with Gasteiger partial charge in [-0.1, -0.05) is 0 Å². The van der Waals surface area contributed by atoms with Crippen molar-refractivity contribution in [1.82, 2.24) is 10.2 Å². The summed E-state index contributed by atoms with van der Waals surface area (Å²) >= 11 is 0. The molecule has 0 aromatic heterocycles. The maximum atomic E-state index is 12.4. The van der Waals surface area contributed by atoms with Crippen LogP contribution in [0.25, 0.3) is 6.08 Å². The standard InChI is InChI=1S/C18H22N2O4/c1-23-15-7-13-5-6-20(11-17(21)19-10-12-3-4-12)18(22)9-14(13)8-16(15)24-2/h5-8,12H,3-4,9-11H2,1-2H3,(H,19,21). The average Bonchev–Trinajstić information content (AvgIpc) is 3.41. The summed E-state index contributed by atoms with van der Waals surface area (Å²) in [5.74, 6) is 1.59. The molecule has 1 heterocycles. The van der Waals surface area contributed by atoms with Gasteiger partial charge in [0.05, 0.1) is 20.6 Å². The molecule has 1 fully saturated rings. The van der Waals surface area contributed by atoms with Crippen molar-refractivity contribution in [3.8, 4) is 11.5 Å². The van der Waals surface area contributed by atoms with Gasteiger partial charge in [-0.25, -0.2) is 0 Å². The van der Waals surface area contributed by atoms with E-state index in [4.69, 9.17) is 9.47 Å². The molecule has 1 saturated carbocycles. The molecule has 3 rings (SSSR count). The molecule has 0 atom stereocenters. The average molecular weight is 330 g/mol.